The average molecular weight is 331 g/mol. The van der Waals surface area contributed by atoms with Crippen molar-refractivity contribution in [1.29, 1.82) is 0 Å². The number of ether oxygens (including phenoxy) is 3. The molecule has 4 N–H and O–H groups in total. The average Bonchev–Trinajstić information content (AvgIpc) is 2.93. The van der Waals surface area contributed by atoms with Crippen LogP contribution >= 0.6 is 0 Å². The zero-order chi connectivity index (χ0) is 17.1. The van der Waals surface area contributed by atoms with Crippen molar-refractivity contribution in [3.63, 3.8) is 0 Å². The molecule has 0 saturated carbocycles. The van der Waals surface area contributed by atoms with Crippen molar-refractivity contribution >= 4 is 11.6 Å². The highest BCUT2D eigenvalue weighted by Crippen LogP contribution is 2.16. The van der Waals surface area contributed by atoms with Crippen LogP contribution in [0.1, 0.15) is 10.5 Å². The highest BCUT2D eigenvalue weighted by Gasteiger charge is 2.24. The molecule has 0 saturated heterocycles. The number of hydrogen-bond donors (Lipinski definition) is 2. The van der Waals surface area contributed by atoms with E-state index in [1.807, 2.05) is 0 Å². The lowest BCUT2D eigenvalue weighted by atomic mass is 10.3. The molecule has 1 heterocycles. The van der Waals surface area contributed by atoms with Gasteiger partial charge < -0.3 is 25.7 Å². The minimum Gasteiger partial charge on any atom is -0.378 e. The van der Waals surface area contributed by atoms with Crippen molar-refractivity contribution in [3.05, 3.63) is 22.0 Å². The smallest absolute Gasteiger partial charge is 0.320 e. The molecule has 0 unspecified atom stereocenters. The number of carbonyl (C=O) groups excluding carboxylic acids is 1. The molecule has 0 aliphatic carbocycles. The first-order valence-electron chi connectivity index (χ1n) is 7.01. The maximum atomic E-state index is 11.3. The SMILES string of the molecule is NCCOCCOCCOCCn1ncc([N+](=O)[O-])c1C(N)=O. The minimum absolute atomic E-state index is 0.172. The molecule has 130 valence electrons. The Labute approximate surface area is 132 Å². The van der Waals surface area contributed by atoms with Crippen LogP contribution in [0.5, 0.6) is 0 Å². The predicted octanol–water partition coefficient (Wildman–Crippen LogP) is -1.10. The summed E-state index contributed by atoms with van der Waals surface area (Å²) in [6, 6.07) is 0. The van der Waals surface area contributed by atoms with Crippen LogP contribution in [0, 0.1) is 10.1 Å². The molecule has 0 aromatic carbocycles. The number of nitrogens with zero attached hydrogens (tertiary/aromatic N) is 3. The zero-order valence-electron chi connectivity index (χ0n) is 12.7. The van der Waals surface area contributed by atoms with Crippen molar-refractivity contribution < 1.29 is 23.9 Å². The van der Waals surface area contributed by atoms with Crippen molar-refractivity contribution in [3.8, 4) is 0 Å². The van der Waals surface area contributed by atoms with Gasteiger partial charge in [0.15, 0.2) is 0 Å². The van der Waals surface area contributed by atoms with Crippen molar-refractivity contribution in [1.82, 2.24) is 9.78 Å². The normalized spacial score (nSPS) is 10.8. The van der Waals surface area contributed by atoms with E-state index in [-0.39, 0.29) is 18.8 Å². The third-order valence-corrected chi connectivity index (χ3v) is 2.70. The molecule has 1 aromatic heterocycles. The maximum Gasteiger partial charge on any atom is 0.320 e. The summed E-state index contributed by atoms with van der Waals surface area (Å²) in [6.07, 6.45) is 0.991. The summed E-state index contributed by atoms with van der Waals surface area (Å²) in [5.74, 6) is -0.907. The van der Waals surface area contributed by atoms with Crippen LogP contribution in [0.15, 0.2) is 6.20 Å². The van der Waals surface area contributed by atoms with Gasteiger partial charge in [0.25, 0.3) is 5.91 Å². The first-order valence-corrected chi connectivity index (χ1v) is 7.01. The van der Waals surface area contributed by atoms with E-state index in [1.54, 1.807) is 0 Å². The lowest BCUT2D eigenvalue weighted by molar-refractivity contribution is -0.385. The molecule has 1 amide bonds. The number of amides is 1. The number of nitro groups is 1. The summed E-state index contributed by atoms with van der Waals surface area (Å²) in [6.45, 7) is 2.99. The van der Waals surface area contributed by atoms with E-state index in [0.29, 0.717) is 39.6 Å². The molecule has 0 bridgehead atoms. The fourth-order valence-corrected chi connectivity index (χ4v) is 1.71. The number of hydrogen-bond acceptors (Lipinski definition) is 8. The molecule has 0 aliphatic rings. The lowest BCUT2D eigenvalue weighted by Gasteiger charge is -2.07. The van der Waals surface area contributed by atoms with Gasteiger partial charge in [-0.2, -0.15) is 5.10 Å². The van der Waals surface area contributed by atoms with E-state index in [1.165, 1.54) is 0 Å². The van der Waals surface area contributed by atoms with Gasteiger partial charge in [-0.05, 0) is 0 Å². The predicted molar refractivity (Wildman–Crippen MR) is 78.9 cm³/mol. The van der Waals surface area contributed by atoms with Crippen LogP contribution < -0.4 is 11.5 Å². The minimum atomic E-state index is -0.907. The van der Waals surface area contributed by atoms with Crippen LogP contribution in [0.3, 0.4) is 0 Å². The van der Waals surface area contributed by atoms with Gasteiger partial charge in [0.05, 0.1) is 51.1 Å². The molecule has 11 nitrogen and oxygen atoms in total. The molecule has 0 radical (unpaired) electrons. The molecule has 0 spiro atoms. The molecule has 23 heavy (non-hydrogen) atoms. The largest absolute Gasteiger partial charge is 0.378 e. The Morgan fingerprint density at radius 3 is 2.26 bits per heavy atom. The molecule has 11 heteroatoms. The van der Waals surface area contributed by atoms with Crippen molar-refractivity contribution in [2.45, 2.75) is 6.54 Å². The van der Waals surface area contributed by atoms with Crippen LogP contribution in [0.4, 0.5) is 5.69 Å². The summed E-state index contributed by atoms with van der Waals surface area (Å²) < 4.78 is 16.8. The van der Waals surface area contributed by atoms with Gasteiger partial charge in [-0.3, -0.25) is 19.6 Å². The number of nitrogens with two attached hydrogens (primary N) is 2. The number of rotatable bonds is 13. The third-order valence-electron chi connectivity index (χ3n) is 2.70. The van der Waals surface area contributed by atoms with E-state index >= 15 is 0 Å². The quantitative estimate of drug-likeness (QED) is 0.262. The topological polar surface area (TPSA) is 158 Å². The van der Waals surface area contributed by atoms with Gasteiger partial charge in [0.2, 0.25) is 5.69 Å². The lowest BCUT2D eigenvalue weighted by Crippen LogP contribution is -2.21. The first-order chi connectivity index (χ1) is 11.1. The van der Waals surface area contributed by atoms with Crippen molar-refractivity contribution in [2.24, 2.45) is 11.5 Å². The van der Waals surface area contributed by atoms with Gasteiger partial charge in [-0.25, -0.2) is 0 Å². The standard InChI is InChI=1S/C12H21N5O6/c13-1-3-21-5-7-23-8-6-22-4-2-16-11(12(14)18)10(9-15-16)17(19)20/h9H,1-8,13H2,(H2,14,18). The molecule has 0 aliphatic heterocycles. The highest BCUT2D eigenvalue weighted by molar-refractivity contribution is 5.95. The first kappa shape index (κ1) is 19.0. The van der Waals surface area contributed by atoms with Crippen LogP contribution in [-0.2, 0) is 20.8 Å². The Balaban J connectivity index is 2.21. The van der Waals surface area contributed by atoms with E-state index in [9.17, 15) is 14.9 Å². The summed E-state index contributed by atoms with van der Waals surface area (Å²) in [7, 11) is 0. The van der Waals surface area contributed by atoms with E-state index in [4.69, 9.17) is 25.7 Å². The van der Waals surface area contributed by atoms with Gasteiger partial charge in [0, 0.05) is 6.54 Å². The Kier molecular flexibility index (Phi) is 8.75. The molecule has 1 rings (SSSR count). The second kappa shape index (κ2) is 10.6. The van der Waals surface area contributed by atoms with Gasteiger partial charge in [-0.15, -0.1) is 0 Å². The highest BCUT2D eigenvalue weighted by atomic mass is 16.6. The molecular formula is C12H21N5O6. The summed E-state index contributed by atoms with van der Waals surface area (Å²) in [5, 5.41) is 14.5. The van der Waals surface area contributed by atoms with Gasteiger partial charge in [0.1, 0.15) is 6.20 Å². The third kappa shape index (κ3) is 6.69. The Morgan fingerprint density at radius 2 is 1.74 bits per heavy atom. The van der Waals surface area contributed by atoms with E-state index < -0.39 is 16.5 Å². The Morgan fingerprint density at radius 1 is 1.17 bits per heavy atom. The van der Waals surface area contributed by atoms with E-state index in [2.05, 4.69) is 5.10 Å². The van der Waals surface area contributed by atoms with E-state index in [0.717, 1.165) is 10.9 Å². The second-order valence-corrected chi connectivity index (χ2v) is 4.35. The molecular weight excluding hydrogens is 310 g/mol. The van der Waals surface area contributed by atoms with Crippen molar-refractivity contribution in [2.75, 3.05) is 46.2 Å². The number of primary amides is 1. The zero-order valence-corrected chi connectivity index (χ0v) is 12.7. The molecule has 0 fully saturated rings. The molecule has 0 atom stereocenters. The maximum absolute atomic E-state index is 11.3. The second-order valence-electron chi connectivity index (χ2n) is 4.35. The Hall–Kier alpha value is -2.08. The van der Waals surface area contributed by atoms with Gasteiger partial charge >= 0.3 is 5.69 Å². The summed E-state index contributed by atoms with van der Waals surface area (Å²) in [5.41, 5.74) is 9.73. The number of aromatic nitrogens is 2. The molecule has 1 aromatic rings. The summed E-state index contributed by atoms with van der Waals surface area (Å²) in [4.78, 5) is 21.3. The van der Waals surface area contributed by atoms with Gasteiger partial charge in [-0.1, -0.05) is 0 Å². The number of carbonyl (C=O) groups is 1. The Bertz CT molecular complexity index is 506. The van der Waals surface area contributed by atoms with Crippen LogP contribution in [0.25, 0.3) is 0 Å². The fraction of sp³-hybridized carbons (Fsp3) is 0.667. The summed E-state index contributed by atoms with van der Waals surface area (Å²) >= 11 is 0. The fourth-order valence-electron chi connectivity index (χ4n) is 1.71. The van der Waals surface area contributed by atoms with Crippen LogP contribution in [0.2, 0.25) is 0 Å². The van der Waals surface area contributed by atoms with Crippen LogP contribution in [-0.4, -0.2) is 66.8 Å². The monoisotopic (exact) mass is 331 g/mol.